The SMILES string of the molecule is CCCCCCCCCCCCCCCOCC(COC(c1ccccc1)(c1ccccc1)c1ccccc1)OCc1cc(F)cc(C#N)c1. The molecule has 0 fully saturated rings. The van der Waals surface area contributed by atoms with E-state index in [2.05, 4.69) is 43.3 Å². The second kappa shape index (κ2) is 22.8. The number of unbranched alkanes of at least 4 members (excludes halogenated alkanes) is 12. The summed E-state index contributed by atoms with van der Waals surface area (Å²) in [4.78, 5) is 0. The van der Waals surface area contributed by atoms with Crippen LogP contribution in [-0.4, -0.2) is 25.9 Å². The lowest BCUT2D eigenvalue weighted by molar-refractivity contribution is -0.0968. The van der Waals surface area contributed by atoms with Crippen molar-refractivity contribution in [2.75, 3.05) is 19.8 Å². The summed E-state index contributed by atoms with van der Waals surface area (Å²) in [5, 5.41) is 9.37. The van der Waals surface area contributed by atoms with Gasteiger partial charge in [0.2, 0.25) is 0 Å². The summed E-state index contributed by atoms with van der Waals surface area (Å²) in [6.45, 7) is 3.63. The molecule has 1 atom stereocenters. The summed E-state index contributed by atoms with van der Waals surface area (Å²) >= 11 is 0. The van der Waals surface area contributed by atoms with E-state index in [1.807, 2.05) is 60.7 Å². The average molecular weight is 678 g/mol. The van der Waals surface area contributed by atoms with Crippen LogP contribution in [0.5, 0.6) is 0 Å². The van der Waals surface area contributed by atoms with Gasteiger partial charge in [0, 0.05) is 6.61 Å². The maximum absolute atomic E-state index is 14.3. The molecule has 0 saturated heterocycles. The molecule has 1 unspecified atom stereocenters. The van der Waals surface area contributed by atoms with E-state index in [0.29, 0.717) is 18.8 Å². The molecular formula is C45H56FNO3. The van der Waals surface area contributed by atoms with Crippen LogP contribution in [0.3, 0.4) is 0 Å². The van der Waals surface area contributed by atoms with Gasteiger partial charge in [-0.1, -0.05) is 175 Å². The number of halogens is 1. The zero-order valence-electron chi connectivity index (χ0n) is 30.0. The first-order valence-electron chi connectivity index (χ1n) is 18.8. The van der Waals surface area contributed by atoms with Crippen LogP contribution in [0.1, 0.15) is 118 Å². The van der Waals surface area contributed by atoms with Crippen molar-refractivity contribution in [1.82, 2.24) is 0 Å². The summed E-state index contributed by atoms with van der Waals surface area (Å²) in [5.41, 5.74) is 3.00. The summed E-state index contributed by atoms with van der Waals surface area (Å²) in [5.74, 6) is -0.453. The van der Waals surface area contributed by atoms with Crippen LogP contribution in [0.15, 0.2) is 109 Å². The molecule has 4 aromatic carbocycles. The fraction of sp³-hybridized carbons (Fsp3) is 0.444. The van der Waals surface area contributed by atoms with Gasteiger partial charge in [0.25, 0.3) is 0 Å². The summed E-state index contributed by atoms with van der Waals surface area (Å²) < 4.78 is 33.9. The fourth-order valence-corrected chi connectivity index (χ4v) is 6.58. The van der Waals surface area contributed by atoms with Crippen molar-refractivity contribution in [2.45, 2.75) is 109 Å². The molecular weight excluding hydrogens is 621 g/mol. The number of nitriles is 1. The Balaban J connectivity index is 1.37. The Hall–Kier alpha value is -3.82. The van der Waals surface area contributed by atoms with Crippen molar-refractivity contribution >= 4 is 0 Å². The molecule has 0 aromatic heterocycles. The molecule has 5 heteroatoms. The molecule has 4 aromatic rings. The third kappa shape index (κ3) is 12.8. The number of rotatable bonds is 25. The molecule has 0 amide bonds. The Kier molecular flexibility index (Phi) is 17.8. The van der Waals surface area contributed by atoms with Crippen LogP contribution < -0.4 is 0 Å². The minimum absolute atomic E-state index is 0.136. The predicted octanol–water partition coefficient (Wildman–Crippen LogP) is 11.7. The van der Waals surface area contributed by atoms with Gasteiger partial charge >= 0.3 is 0 Å². The third-order valence-electron chi connectivity index (χ3n) is 9.30. The van der Waals surface area contributed by atoms with Crippen molar-refractivity contribution in [3.05, 3.63) is 143 Å². The highest BCUT2D eigenvalue weighted by molar-refractivity contribution is 5.47. The van der Waals surface area contributed by atoms with Crippen molar-refractivity contribution < 1.29 is 18.6 Å². The topological polar surface area (TPSA) is 51.5 Å². The van der Waals surface area contributed by atoms with Crippen molar-refractivity contribution in [3.63, 3.8) is 0 Å². The van der Waals surface area contributed by atoms with Crippen LogP contribution in [0.2, 0.25) is 0 Å². The van der Waals surface area contributed by atoms with Crippen LogP contribution in [0, 0.1) is 17.1 Å². The monoisotopic (exact) mass is 677 g/mol. The minimum Gasteiger partial charge on any atom is -0.379 e. The Bertz CT molecular complexity index is 1410. The van der Waals surface area contributed by atoms with Gasteiger partial charge in [-0.2, -0.15) is 5.26 Å². The highest BCUT2D eigenvalue weighted by atomic mass is 19.1. The van der Waals surface area contributed by atoms with Gasteiger partial charge in [-0.25, -0.2) is 4.39 Å². The fourth-order valence-electron chi connectivity index (χ4n) is 6.58. The largest absolute Gasteiger partial charge is 0.379 e. The van der Waals surface area contributed by atoms with E-state index in [1.165, 1.54) is 82.8 Å². The number of hydrogen-bond donors (Lipinski definition) is 0. The zero-order valence-corrected chi connectivity index (χ0v) is 30.0. The molecule has 0 aliphatic carbocycles. The van der Waals surface area contributed by atoms with Crippen molar-refractivity contribution in [3.8, 4) is 6.07 Å². The van der Waals surface area contributed by atoms with Crippen LogP contribution >= 0.6 is 0 Å². The first-order valence-corrected chi connectivity index (χ1v) is 18.8. The van der Waals surface area contributed by atoms with Gasteiger partial charge in [0.1, 0.15) is 17.5 Å². The highest BCUT2D eigenvalue weighted by Gasteiger charge is 2.38. The van der Waals surface area contributed by atoms with Gasteiger partial charge in [0.15, 0.2) is 0 Å². The normalized spacial score (nSPS) is 12.1. The maximum atomic E-state index is 14.3. The molecule has 0 N–H and O–H groups in total. The Morgan fingerprint density at radius 3 is 1.58 bits per heavy atom. The third-order valence-corrected chi connectivity index (χ3v) is 9.30. The van der Waals surface area contributed by atoms with E-state index < -0.39 is 17.5 Å². The highest BCUT2D eigenvalue weighted by Crippen LogP contribution is 2.40. The molecule has 0 radical (unpaired) electrons. The molecule has 0 aliphatic rings. The first kappa shape index (κ1) is 39.0. The Morgan fingerprint density at radius 1 is 0.620 bits per heavy atom. The predicted molar refractivity (Wildman–Crippen MR) is 201 cm³/mol. The van der Waals surface area contributed by atoms with E-state index >= 15 is 0 Å². The van der Waals surface area contributed by atoms with E-state index in [9.17, 15) is 9.65 Å². The Morgan fingerprint density at radius 2 is 1.10 bits per heavy atom. The number of benzene rings is 4. The summed E-state index contributed by atoms with van der Waals surface area (Å²) in [6, 6.07) is 37.1. The molecule has 0 saturated carbocycles. The van der Waals surface area contributed by atoms with Gasteiger partial charge < -0.3 is 14.2 Å². The number of hydrogen-bond acceptors (Lipinski definition) is 4. The lowest BCUT2D eigenvalue weighted by Gasteiger charge is -2.37. The molecule has 4 rings (SSSR count). The molecule has 0 heterocycles. The zero-order chi connectivity index (χ0) is 35.1. The Labute approximate surface area is 300 Å². The molecule has 4 nitrogen and oxygen atoms in total. The van der Waals surface area contributed by atoms with Crippen LogP contribution in [0.4, 0.5) is 4.39 Å². The molecule has 0 bridgehead atoms. The first-order chi connectivity index (χ1) is 24.7. The van der Waals surface area contributed by atoms with Crippen LogP contribution in [0.25, 0.3) is 0 Å². The second-order valence-electron chi connectivity index (χ2n) is 13.3. The second-order valence-corrected chi connectivity index (χ2v) is 13.3. The number of nitrogens with zero attached hydrogens (tertiary/aromatic N) is 1. The van der Waals surface area contributed by atoms with Crippen molar-refractivity contribution in [2.24, 2.45) is 0 Å². The van der Waals surface area contributed by atoms with Gasteiger partial charge in [-0.15, -0.1) is 0 Å². The van der Waals surface area contributed by atoms with E-state index in [1.54, 1.807) is 6.07 Å². The molecule has 50 heavy (non-hydrogen) atoms. The smallest absolute Gasteiger partial charge is 0.143 e. The molecule has 266 valence electrons. The lowest BCUT2D eigenvalue weighted by Crippen LogP contribution is -2.37. The summed E-state index contributed by atoms with van der Waals surface area (Å²) in [7, 11) is 0. The van der Waals surface area contributed by atoms with Gasteiger partial charge in [-0.05, 0) is 46.9 Å². The van der Waals surface area contributed by atoms with Crippen LogP contribution in [-0.2, 0) is 26.4 Å². The van der Waals surface area contributed by atoms with Gasteiger partial charge in [-0.3, -0.25) is 0 Å². The quantitative estimate of drug-likeness (QED) is 0.0517. The van der Waals surface area contributed by atoms with Crippen molar-refractivity contribution in [1.29, 1.82) is 5.26 Å². The minimum atomic E-state index is -0.896. The number of ether oxygens (including phenoxy) is 3. The molecule has 0 spiro atoms. The lowest BCUT2D eigenvalue weighted by atomic mass is 9.80. The average Bonchev–Trinajstić information content (AvgIpc) is 3.16. The standard InChI is InChI=1S/C45H56FNO3/c1-2-3-4-5-6-7-8-9-10-11-12-13-23-30-48-36-44(49-35-39-31-38(34-47)32-43(46)33-39)37-50-45(40-24-17-14-18-25-40,41-26-19-15-20-27-41)42-28-21-16-22-29-42/h14-22,24-29,31-33,44H,2-13,23,30,35-37H2,1H3. The van der Waals surface area contributed by atoms with Gasteiger partial charge in [0.05, 0.1) is 31.5 Å². The maximum Gasteiger partial charge on any atom is 0.143 e. The van der Waals surface area contributed by atoms with E-state index in [-0.39, 0.29) is 18.8 Å². The molecule has 0 aliphatic heterocycles. The van der Waals surface area contributed by atoms with E-state index in [4.69, 9.17) is 14.2 Å². The summed E-state index contributed by atoms with van der Waals surface area (Å²) in [6.07, 6.45) is 16.5. The van der Waals surface area contributed by atoms with E-state index in [0.717, 1.165) is 29.5 Å².